The van der Waals surface area contributed by atoms with E-state index in [1.807, 2.05) is 0 Å². The highest BCUT2D eigenvalue weighted by Crippen LogP contribution is 2.28. The summed E-state index contributed by atoms with van der Waals surface area (Å²) in [6, 6.07) is 6.97. The predicted octanol–water partition coefficient (Wildman–Crippen LogP) is 2.33. The Hall–Kier alpha value is -3.15. The molecule has 0 aliphatic heterocycles. The minimum Gasteiger partial charge on any atom is -0.463 e. The third kappa shape index (κ3) is 2.31. The van der Waals surface area contributed by atoms with Crippen molar-refractivity contribution in [2.45, 2.75) is 6.54 Å². The van der Waals surface area contributed by atoms with Gasteiger partial charge in [-0.25, -0.2) is 4.98 Å². The molecule has 0 aromatic carbocycles. The molecule has 2 N–H and O–H groups in total. The van der Waals surface area contributed by atoms with Gasteiger partial charge < -0.3 is 10.2 Å². The first-order valence-electron chi connectivity index (χ1n) is 6.68. The second-order valence-corrected chi connectivity index (χ2v) is 4.61. The van der Waals surface area contributed by atoms with Crippen molar-refractivity contribution < 1.29 is 4.42 Å². The molecule has 110 valence electrons. The van der Waals surface area contributed by atoms with E-state index in [9.17, 15) is 4.79 Å². The van der Waals surface area contributed by atoms with E-state index in [1.54, 1.807) is 42.7 Å². The van der Waals surface area contributed by atoms with Gasteiger partial charge in [0.25, 0.3) is 5.56 Å². The molecule has 3 rings (SSSR count). The predicted molar refractivity (Wildman–Crippen MR) is 84.0 cm³/mol. The van der Waals surface area contributed by atoms with Gasteiger partial charge in [0, 0.05) is 18.9 Å². The van der Waals surface area contributed by atoms with Crippen LogP contribution in [0.25, 0.3) is 22.6 Å². The van der Waals surface area contributed by atoms with Crippen LogP contribution in [0.4, 0.5) is 5.95 Å². The van der Waals surface area contributed by atoms with Crippen LogP contribution in [0.2, 0.25) is 0 Å². The third-order valence-corrected chi connectivity index (χ3v) is 3.23. The zero-order valence-electron chi connectivity index (χ0n) is 11.8. The van der Waals surface area contributed by atoms with Crippen LogP contribution in [-0.4, -0.2) is 14.5 Å². The number of pyridine rings is 1. The van der Waals surface area contributed by atoms with Gasteiger partial charge in [0.05, 0.1) is 11.8 Å². The number of hydrogen-bond donors (Lipinski definition) is 1. The van der Waals surface area contributed by atoms with E-state index in [2.05, 4.69) is 16.5 Å². The maximum atomic E-state index is 12.8. The first-order valence-corrected chi connectivity index (χ1v) is 6.68. The normalized spacial score (nSPS) is 10.5. The summed E-state index contributed by atoms with van der Waals surface area (Å²) in [5, 5.41) is 0. The summed E-state index contributed by atoms with van der Waals surface area (Å²) in [6.07, 6.45) is 6.37. The van der Waals surface area contributed by atoms with E-state index < -0.39 is 0 Å². The lowest BCUT2D eigenvalue weighted by molar-refractivity contribution is 0.579. The van der Waals surface area contributed by atoms with Crippen molar-refractivity contribution in [2.24, 2.45) is 0 Å². The van der Waals surface area contributed by atoms with E-state index in [-0.39, 0.29) is 18.1 Å². The second-order valence-electron chi connectivity index (χ2n) is 4.61. The van der Waals surface area contributed by atoms with E-state index in [0.29, 0.717) is 22.6 Å². The molecule has 0 saturated carbocycles. The van der Waals surface area contributed by atoms with E-state index in [4.69, 9.17) is 10.2 Å². The topological polar surface area (TPSA) is 86.9 Å². The van der Waals surface area contributed by atoms with Gasteiger partial charge in [0.1, 0.15) is 5.69 Å². The van der Waals surface area contributed by atoms with Crippen LogP contribution >= 0.6 is 0 Å². The van der Waals surface area contributed by atoms with Crippen molar-refractivity contribution in [1.82, 2.24) is 14.5 Å². The summed E-state index contributed by atoms with van der Waals surface area (Å²) in [4.78, 5) is 21.2. The van der Waals surface area contributed by atoms with Crippen molar-refractivity contribution in [3.63, 3.8) is 0 Å². The number of rotatable bonds is 4. The monoisotopic (exact) mass is 294 g/mol. The number of nitrogens with zero attached hydrogens (tertiary/aromatic N) is 3. The van der Waals surface area contributed by atoms with E-state index in [0.717, 1.165) is 0 Å². The van der Waals surface area contributed by atoms with Gasteiger partial charge in [-0.05, 0) is 29.8 Å². The highest BCUT2D eigenvalue weighted by atomic mass is 16.3. The van der Waals surface area contributed by atoms with Gasteiger partial charge in [-0.15, -0.1) is 6.58 Å². The number of aromatic nitrogens is 3. The summed E-state index contributed by atoms with van der Waals surface area (Å²) in [5.41, 5.74) is 7.21. The molecule has 0 fully saturated rings. The Balaban J connectivity index is 2.35. The molecule has 6 nitrogen and oxygen atoms in total. The van der Waals surface area contributed by atoms with Gasteiger partial charge in [0.2, 0.25) is 5.95 Å². The van der Waals surface area contributed by atoms with Gasteiger partial charge >= 0.3 is 0 Å². The van der Waals surface area contributed by atoms with Crippen molar-refractivity contribution in [1.29, 1.82) is 0 Å². The molecule has 3 aromatic rings. The molecular weight excluding hydrogens is 280 g/mol. The summed E-state index contributed by atoms with van der Waals surface area (Å²) in [5.74, 6) is 0.607. The van der Waals surface area contributed by atoms with E-state index >= 15 is 0 Å². The smallest absolute Gasteiger partial charge is 0.263 e. The van der Waals surface area contributed by atoms with Crippen LogP contribution in [0.3, 0.4) is 0 Å². The van der Waals surface area contributed by atoms with E-state index in [1.165, 1.54) is 10.8 Å². The summed E-state index contributed by atoms with van der Waals surface area (Å²) < 4.78 is 6.76. The molecule has 0 amide bonds. The highest BCUT2D eigenvalue weighted by Gasteiger charge is 2.19. The number of nitrogen functional groups attached to an aromatic ring is 1. The lowest BCUT2D eigenvalue weighted by Gasteiger charge is -2.12. The second kappa shape index (κ2) is 5.69. The summed E-state index contributed by atoms with van der Waals surface area (Å²) >= 11 is 0. The maximum absolute atomic E-state index is 12.8. The SMILES string of the molecule is C=CCn1c(N)nc(-c2ccco2)c(-c2ccncc2)c1=O. The van der Waals surface area contributed by atoms with Crippen LogP contribution in [0.1, 0.15) is 0 Å². The quantitative estimate of drug-likeness (QED) is 0.746. The van der Waals surface area contributed by atoms with Gasteiger partial charge in [-0.2, -0.15) is 0 Å². The molecule has 22 heavy (non-hydrogen) atoms. The Morgan fingerprint density at radius 2 is 2.09 bits per heavy atom. The average Bonchev–Trinajstić information content (AvgIpc) is 3.06. The lowest BCUT2D eigenvalue weighted by Crippen LogP contribution is -2.26. The largest absolute Gasteiger partial charge is 0.463 e. The Morgan fingerprint density at radius 1 is 1.32 bits per heavy atom. The van der Waals surface area contributed by atoms with Crippen molar-refractivity contribution in [3.05, 3.63) is 65.9 Å². The van der Waals surface area contributed by atoms with Crippen LogP contribution < -0.4 is 11.3 Å². The molecule has 6 heteroatoms. The number of hydrogen-bond acceptors (Lipinski definition) is 5. The Kier molecular flexibility index (Phi) is 3.57. The van der Waals surface area contributed by atoms with Crippen LogP contribution in [0.15, 0.2) is 64.8 Å². The summed E-state index contributed by atoms with van der Waals surface area (Å²) in [7, 11) is 0. The number of anilines is 1. The third-order valence-electron chi connectivity index (χ3n) is 3.23. The molecule has 0 aliphatic rings. The molecule has 0 unspecified atom stereocenters. The molecular formula is C16H14N4O2. The van der Waals surface area contributed by atoms with Crippen LogP contribution in [0, 0.1) is 0 Å². The molecule has 0 radical (unpaired) electrons. The first kappa shape index (κ1) is 13.8. The van der Waals surface area contributed by atoms with Crippen molar-refractivity contribution >= 4 is 5.95 Å². The average molecular weight is 294 g/mol. The highest BCUT2D eigenvalue weighted by molar-refractivity contribution is 5.78. The molecule has 0 atom stereocenters. The fourth-order valence-electron chi connectivity index (χ4n) is 2.25. The number of nitrogens with two attached hydrogens (primary N) is 1. The number of furan rings is 1. The zero-order valence-corrected chi connectivity index (χ0v) is 11.8. The first-order chi connectivity index (χ1) is 10.7. The zero-order chi connectivity index (χ0) is 15.5. The lowest BCUT2D eigenvalue weighted by atomic mass is 10.1. The Morgan fingerprint density at radius 3 is 2.73 bits per heavy atom. The molecule has 3 heterocycles. The fraction of sp³-hybridized carbons (Fsp3) is 0.0625. The van der Waals surface area contributed by atoms with Crippen molar-refractivity contribution in [2.75, 3.05) is 5.73 Å². The number of allylic oxidation sites excluding steroid dienone is 1. The molecule has 0 aliphatic carbocycles. The maximum Gasteiger partial charge on any atom is 0.263 e. The molecule has 0 bridgehead atoms. The fourth-order valence-corrected chi connectivity index (χ4v) is 2.25. The van der Waals surface area contributed by atoms with Gasteiger partial charge in [-0.1, -0.05) is 6.08 Å². The summed E-state index contributed by atoms with van der Waals surface area (Å²) in [6.45, 7) is 3.93. The molecule has 3 aromatic heterocycles. The minimum absolute atomic E-state index is 0.120. The van der Waals surface area contributed by atoms with Crippen molar-refractivity contribution in [3.8, 4) is 22.6 Å². The van der Waals surface area contributed by atoms with Crippen LogP contribution in [0.5, 0.6) is 0 Å². The standard InChI is InChI=1S/C16H14N4O2/c1-2-9-20-15(21)13(11-5-7-18-8-6-11)14(19-16(20)17)12-4-3-10-22-12/h2-8,10H,1,9H2,(H2,17,19). The van der Waals surface area contributed by atoms with Gasteiger partial charge in [0.15, 0.2) is 5.76 Å². The van der Waals surface area contributed by atoms with Crippen LogP contribution in [-0.2, 0) is 6.54 Å². The molecule has 0 saturated heterocycles. The molecule has 0 spiro atoms. The Bertz CT molecular complexity index is 852. The Labute approximate surface area is 126 Å². The van der Waals surface area contributed by atoms with Gasteiger partial charge in [-0.3, -0.25) is 14.3 Å². The minimum atomic E-state index is -0.245.